The summed E-state index contributed by atoms with van der Waals surface area (Å²) in [6.45, 7) is 3.74. The van der Waals surface area contributed by atoms with E-state index in [1.807, 2.05) is 56.3 Å². The monoisotopic (exact) mass is 505 g/mol. The number of alkyl halides is 3. The Morgan fingerprint density at radius 3 is 2.47 bits per heavy atom. The first-order chi connectivity index (χ1) is 16.1. The molecule has 0 aliphatic rings. The number of carbonyl (C=O) groups excluding carboxylic acids is 1. The molecule has 0 aliphatic carbocycles. The zero-order chi connectivity index (χ0) is 24.7. The average molecular weight is 506 g/mol. The molecule has 0 N–H and O–H groups in total. The molecular weight excluding hydrogens is 483 g/mol. The number of pyridine rings is 1. The highest BCUT2D eigenvalue weighted by molar-refractivity contribution is 7.99. The minimum atomic E-state index is -4.47. The van der Waals surface area contributed by atoms with Crippen LogP contribution in [-0.2, 0) is 22.3 Å². The topological polar surface area (TPSA) is 39.2 Å². The second-order valence-electron chi connectivity index (χ2n) is 7.85. The Bertz CT molecular complexity index is 1150. The molecule has 1 heterocycles. The number of hydrogen-bond donors (Lipinski definition) is 0. The van der Waals surface area contributed by atoms with E-state index in [1.165, 1.54) is 17.8 Å². The van der Waals surface area contributed by atoms with Crippen LogP contribution in [0.25, 0.3) is 6.08 Å². The van der Waals surface area contributed by atoms with Gasteiger partial charge in [0.1, 0.15) is 11.6 Å². The van der Waals surface area contributed by atoms with Crippen LogP contribution in [0.3, 0.4) is 0 Å². The average Bonchev–Trinajstić information content (AvgIpc) is 2.79. The molecule has 3 aromatic rings. The van der Waals surface area contributed by atoms with Gasteiger partial charge in [-0.2, -0.15) is 13.2 Å². The van der Waals surface area contributed by atoms with Crippen molar-refractivity contribution in [1.82, 2.24) is 4.98 Å². The lowest BCUT2D eigenvalue weighted by Crippen LogP contribution is -2.21. The van der Waals surface area contributed by atoms with Crippen molar-refractivity contribution < 1.29 is 22.7 Å². The van der Waals surface area contributed by atoms with E-state index in [-0.39, 0.29) is 17.5 Å². The first kappa shape index (κ1) is 25.8. The maximum Gasteiger partial charge on any atom is 0.416 e. The molecular formula is C26H23ClF3NO2S. The van der Waals surface area contributed by atoms with E-state index >= 15 is 0 Å². The van der Waals surface area contributed by atoms with Crippen molar-refractivity contribution in [3.8, 4) is 0 Å². The van der Waals surface area contributed by atoms with Crippen LogP contribution in [0.4, 0.5) is 13.2 Å². The second kappa shape index (κ2) is 11.6. The van der Waals surface area contributed by atoms with E-state index in [2.05, 4.69) is 4.98 Å². The number of aromatic nitrogens is 1. The summed E-state index contributed by atoms with van der Waals surface area (Å²) in [4.78, 5) is 18.3. The molecule has 1 atom stereocenters. The van der Waals surface area contributed by atoms with Gasteiger partial charge in [-0.1, -0.05) is 79.7 Å². The summed E-state index contributed by atoms with van der Waals surface area (Å²) in [7, 11) is 0. The van der Waals surface area contributed by atoms with Crippen LogP contribution in [0, 0.1) is 11.8 Å². The number of hydrogen-bond acceptors (Lipinski definition) is 4. The molecule has 0 bridgehead atoms. The fourth-order valence-electron chi connectivity index (χ4n) is 3.06. The van der Waals surface area contributed by atoms with Crippen LogP contribution in [0.2, 0.25) is 5.02 Å². The highest BCUT2D eigenvalue weighted by atomic mass is 35.5. The number of carbonyl (C=O) groups is 1. The van der Waals surface area contributed by atoms with E-state index in [0.29, 0.717) is 11.3 Å². The summed E-state index contributed by atoms with van der Waals surface area (Å²) in [6, 6.07) is 18.5. The van der Waals surface area contributed by atoms with Gasteiger partial charge in [0, 0.05) is 9.92 Å². The Morgan fingerprint density at radius 1 is 1.09 bits per heavy atom. The van der Waals surface area contributed by atoms with E-state index in [1.54, 1.807) is 18.2 Å². The predicted molar refractivity (Wildman–Crippen MR) is 128 cm³/mol. The third-order valence-electron chi connectivity index (χ3n) is 4.91. The molecule has 3 rings (SSSR count). The predicted octanol–water partition coefficient (Wildman–Crippen LogP) is 7.93. The van der Waals surface area contributed by atoms with Gasteiger partial charge in [0.15, 0.2) is 0 Å². The quantitative estimate of drug-likeness (QED) is 0.291. The summed E-state index contributed by atoms with van der Waals surface area (Å²) in [5.41, 5.74) is 0.182. The first-order valence-corrected chi connectivity index (χ1v) is 11.7. The van der Waals surface area contributed by atoms with Gasteiger partial charge in [0.05, 0.1) is 17.2 Å². The van der Waals surface area contributed by atoms with E-state index in [4.69, 9.17) is 16.3 Å². The molecule has 0 saturated carbocycles. The molecule has 34 heavy (non-hydrogen) atoms. The molecule has 0 radical (unpaired) electrons. The van der Waals surface area contributed by atoms with E-state index < -0.39 is 23.6 Å². The highest BCUT2D eigenvalue weighted by Gasteiger charge is 2.30. The molecule has 1 unspecified atom stereocenters. The van der Waals surface area contributed by atoms with Crippen molar-refractivity contribution in [3.63, 3.8) is 0 Å². The Kier molecular flexibility index (Phi) is 8.80. The van der Waals surface area contributed by atoms with Crippen LogP contribution in [-0.4, -0.2) is 11.0 Å². The largest absolute Gasteiger partial charge is 0.459 e. The van der Waals surface area contributed by atoms with E-state index in [0.717, 1.165) is 22.1 Å². The second-order valence-corrected chi connectivity index (χ2v) is 9.35. The molecule has 1 aromatic heterocycles. The molecule has 0 saturated heterocycles. The smallest absolute Gasteiger partial charge is 0.416 e. The fraction of sp³-hybridized carbons (Fsp3) is 0.231. The third-order valence-corrected chi connectivity index (χ3v) is 6.18. The molecule has 178 valence electrons. The van der Waals surface area contributed by atoms with Gasteiger partial charge in [-0.15, -0.1) is 0 Å². The molecule has 0 aliphatic heterocycles. The Labute approximate surface area is 206 Å². The molecule has 3 nitrogen and oxygen atoms in total. The zero-order valence-corrected chi connectivity index (χ0v) is 20.1. The molecule has 0 fully saturated rings. The standard InChI is InChI=1S/C26H23ClF3NO2S/c1-17(2)22(14-12-18-11-13-19(15-23(18)27)26(28,29)30)25(32)33-16-20-7-6-10-24(31-20)34-21-8-4-3-5-9-21/h3-15,17,22H,16H2,1-2H3/b14-12+. The fourth-order valence-corrected chi connectivity index (χ4v) is 4.15. The van der Waals surface area contributed by atoms with Crippen molar-refractivity contribution in [3.05, 3.63) is 94.6 Å². The maximum absolute atomic E-state index is 12.8. The number of benzene rings is 2. The van der Waals surface area contributed by atoms with Crippen LogP contribution < -0.4 is 0 Å². The Balaban J connectivity index is 1.65. The van der Waals surface area contributed by atoms with Gasteiger partial charge in [0.25, 0.3) is 0 Å². The number of rotatable bonds is 8. The lowest BCUT2D eigenvalue weighted by molar-refractivity contribution is -0.149. The Hall–Kier alpha value is -2.77. The summed E-state index contributed by atoms with van der Waals surface area (Å²) < 4.78 is 44.0. The van der Waals surface area contributed by atoms with Crippen LogP contribution >= 0.6 is 23.4 Å². The van der Waals surface area contributed by atoms with E-state index in [9.17, 15) is 18.0 Å². The summed E-state index contributed by atoms with van der Waals surface area (Å²) in [5, 5.41) is 0.746. The van der Waals surface area contributed by atoms with Gasteiger partial charge in [0.2, 0.25) is 0 Å². The minimum absolute atomic E-state index is 0.0140. The van der Waals surface area contributed by atoms with Crippen LogP contribution in [0.5, 0.6) is 0 Å². The van der Waals surface area contributed by atoms with Crippen LogP contribution in [0.1, 0.15) is 30.7 Å². The van der Waals surface area contributed by atoms with Gasteiger partial charge in [-0.05, 0) is 47.9 Å². The van der Waals surface area contributed by atoms with Crippen molar-refractivity contribution in [2.75, 3.05) is 0 Å². The van der Waals surface area contributed by atoms with Gasteiger partial charge < -0.3 is 4.74 Å². The molecule has 0 amide bonds. The van der Waals surface area contributed by atoms with Gasteiger partial charge in [-0.3, -0.25) is 4.79 Å². The normalized spacial score (nSPS) is 12.8. The third kappa shape index (κ3) is 7.37. The molecule has 0 spiro atoms. The van der Waals surface area contributed by atoms with Crippen molar-refractivity contribution in [1.29, 1.82) is 0 Å². The maximum atomic E-state index is 12.8. The number of nitrogens with zero attached hydrogens (tertiary/aromatic N) is 1. The SMILES string of the molecule is CC(C)C(/C=C/c1ccc(C(F)(F)F)cc1Cl)C(=O)OCc1cccc(Sc2ccccc2)n1. The number of halogens is 4. The minimum Gasteiger partial charge on any atom is -0.459 e. The number of ether oxygens (including phenoxy) is 1. The van der Waals surface area contributed by atoms with Crippen molar-refractivity contribution >= 4 is 35.4 Å². The molecule has 8 heteroatoms. The van der Waals surface area contributed by atoms with Crippen molar-refractivity contribution in [2.45, 2.75) is 36.6 Å². The van der Waals surface area contributed by atoms with Gasteiger partial charge in [-0.25, -0.2) is 4.98 Å². The first-order valence-electron chi connectivity index (χ1n) is 10.5. The lowest BCUT2D eigenvalue weighted by Gasteiger charge is -2.16. The lowest BCUT2D eigenvalue weighted by atomic mass is 9.94. The number of esters is 1. The molecule has 2 aromatic carbocycles. The van der Waals surface area contributed by atoms with Crippen molar-refractivity contribution in [2.24, 2.45) is 11.8 Å². The summed E-state index contributed by atoms with van der Waals surface area (Å²) in [5.74, 6) is -1.14. The highest BCUT2D eigenvalue weighted by Crippen LogP contribution is 2.33. The Morgan fingerprint density at radius 2 is 1.82 bits per heavy atom. The van der Waals surface area contributed by atoms with Crippen LogP contribution in [0.15, 0.2) is 82.7 Å². The van der Waals surface area contributed by atoms with Gasteiger partial charge >= 0.3 is 12.1 Å². The summed E-state index contributed by atoms with van der Waals surface area (Å²) >= 11 is 7.53. The summed E-state index contributed by atoms with van der Waals surface area (Å²) in [6.07, 6.45) is -1.32. The zero-order valence-electron chi connectivity index (χ0n) is 18.6.